The van der Waals surface area contributed by atoms with Gasteiger partial charge in [-0.15, -0.1) is 0 Å². The highest BCUT2D eigenvalue weighted by molar-refractivity contribution is 7.89. The van der Waals surface area contributed by atoms with Crippen LogP contribution in [0.15, 0.2) is 23.1 Å². The zero-order valence-corrected chi connectivity index (χ0v) is 12.4. The van der Waals surface area contributed by atoms with Crippen LogP contribution in [0.2, 0.25) is 5.02 Å². The first-order valence-corrected chi connectivity index (χ1v) is 8.37. The lowest BCUT2D eigenvalue weighted by atomic mass is 9.87. The molecule has 0 radical (unpaired) electrons. The van der Waals surface area contributed by atoms with Crippen LogP contribution in [0.4, 0.5) is 4.39 Å². The summed E-state index contributed by atoms with van der Waals surface area (Å²) in [6, 6.07) is 3.30. The SMILES string of the molecule is O=S(=O)(NCC1CCCC(O)C1)c1ccc(F)c(Cl)c1. The van der Waals surface area contributed by atoms with Crippen molar-refractivity contribution in [1.29, 1.82) is 0 Å². The minimum atomic E-state index is -3.70. The zero-order chi connectivity index (χ0) is 14.8. The largest absolute Gasteiger partial charge is 0.393 e. The first kappa shape index (κ1) is 15.7. The Bertz CT molecular complexity index is 579. The number of nitrogens with one attached hydrogen (secondary N) is 1. The van der Waals surface area contributed by atoms with Crippen LogP contribution in [0, 0.1) is 11.7 Å². The van der Waals surface area contributed by atoms with Crippen molar-refractivity contribution in [2.24, 2.45) is 5.92 Å². The molecule has 0 aliphatic heterocycles. The van der Waals surface area contributed by atoms with Crippen molar-refractivity contribution in [2.45, 2.75) is 36.7 Å². The van der Waals surface area contributed by atoms with Gasteiger partial charge in [0.1, 0.15) is 5.82 Å². The summed E-state index contributed by atoms with van der Waals surface area (Å²) in [6.07, 6.45) is 2.82. The quantitative estimate of drug-likeness (QED) is 0.894. The maximum Gasteiger partial charge on any atom is 0.240 e. The van der Waals surface area contributed by atoms with E-state index in [1.54, 1.807) is 0 Å². The Morgan fingerprint density at radius 3 is 2.80 bits per heavy atom. The molecule has 20 heavy (non-hydrogen) atoms. The normalized spacial score (nSPS) is 23.8. The topological polar surface area (TPSA) is 66.4 Å². The van der Waals surface area contributed by atoms with Crippen LogP contribution in [0.5, 0.6) is 0 Å². The van der Waals surface area contributed by atoms with E-state index in [0.29, 0.717) is 6.42 Å². The molecule has 0 aromatic heterocycles. The summed E-state index contributed by atoms with van der Waals surface area (Å²) in [5.74, 6) is -0.523. The summed E-state index contributed by atoms with van der Waals surface area (Å²) in [5.41, 5.74) is 0. The molecular formula is C13H17ClFNO3S. The lowest BCUT2D eigenvalue weighted by Gasteiger charge is -2.25. The standard InChI is InChI=1S/C13H17ClFNO3S/c14-12-7-11(4-5-13(12)15)20(18,19)16-8-9-2-1-3-10(17)6-9/h4-5,7,9-10,16-17H,1-3,6,8H2. The van der Waals surface area contributed by atoms with Crippen LogP contribution < -0.4 is 4.72 Å². The third-order valence-electron chi connectivity index (χ3n) is 3.52. The smallest absolute Gasteiger partial charge is 0.240 e. The van der Waals surface area contributed by atoms with Crippen LogP contribution in [-0.2, 0) is 10.0 Å². The first-order chi connectivity index (χ1) is 9.38. The number of aliphatic hydroxyl groups excluding tert-OH is 1. The summed E-state index contributed by atoms with van der Waals surface area (Å²) in [6.45, 7) is 0.272. The second-order valence-electron chi connectivity index (χ2n) is 5.11. The number of rotatable bonds is 4. The van der Waals surface area contributed by atoms with Gasteiger partial charge in [-0.25, -0.2) is 17.5 Å². The molecule has 0 bridgehead atoms. The molecule has 1 aliphatic rings. The molecule has 1 aliphatic carbocycles. The molecule has 4 nitrogen and oxygen atoms in total. The van der Waals surface area contributed by atoms with Crippen LogP contribution >= 0.6 is 11.6 Å². The number of hydrogen-bond acceptors (Lipinski definition) is 3. The molecule has 0 amide bonds. The zero-order valence-electron chi connectivity index (χ0n) is 10.9. The van der Waals surface area contributed by atoms with Crippen molar-refractivity contribution < 1.29 is 17.9 Å². The molecule has 0 spiro atoms. The van der Waals surface area contributed by atoms with Gasteiger partial charge < -0.3 is 5.11 Å². The number of aliphatic hydroxyl groups is 1. The van der Waals surface area contributed by atoms with Crippen molar-refractivity contribution in [2.75, 3.05) is 6.54 Å². The van der Waals surface area contributed by atoms with Gasteiger partial charge in [-0.3, -0.25) is 0 Å². The average Bonchev–Trinajstić information content (AvgIpc) is 2.40. The Balaban J connectivity index is 2.01. The van der Waals surface area contributed by atoms with E-state index in [0.717, 1.165) is 31.4 Å². The van der Waals surface area contributed by atoms with Crippen molar-refractivity contribution in [3.63, 3.8) is 0 Å². The Labute approximate surface area is 123 Å². The molecule has 7 heteroatoms. The van der Waals surface area contributed by atoms with Crippen molar-refractivity contribution in [1.82, 2.24) is 4.72 Å². The fraction of sp³-hybridized carbons (Fsp3) is 0.538. The Hall–Kier alpha value is -0.690. The molecule has 1 saturated carbocycles. The van der Waals surface area contributed by atoms with Gasteiger partial charge in [-0.05, 0) is 43.4 Å². The molecule has 2 rings (SSSR count). The molecule has 2 unspecified atom stereocenters. The van der Waals surface area contributed by atoms with Gasteiger partial charge in [0.25, 0.3) is 0 Å². The Morgan fingerprint density at radius 2 is 2.15 bits per heavy atom. The van der Waals surface area contributed by atoms with E-state index in [4.69, 9.17) is 11.6 Å². The first-order valence-electron chi connectivity index (χ1n) is 6.51. The number of hydrogen-bond donors (Lipinski definition) is 2. The van der Waals surface area contributed by atoms with Crippen molar-refractivity contribution in [3.05, 3.63) is 29.0 Å². The lowest BCUT2D eigenvalue weighted by molar-refractivity contribution is 0.102. The molecule has 0 saturated heterocycles. The lowest BCUT2D eigenvalue weighted by Crippen LogP contribution is -2.33. The highest BCUT2D eigenvalue weighted by atomic mass is 35.5. The second kappa shape index (κ2) is 6.39. The van der Waals surface area contributed by atoms with E-state index in [9.17, 15) is 17.9 Å². The van der Waals surface area contributed by atoms with E-state index < -0.39 is 15.8 Å². The van der Waals surface area contributed by atoms with E-state index in [1.165, 1.54) is 6.07 Å². The molecule has 2 N–H and O–H groups in total. The third kappa shape index (κ3) is 3.91. The third-order valence-corrected chi connectivity index (χ3v) is 5.23. The molecule has 0 heterocycles. The minimum absolute atomic E-state index is 0.0553. The van der Waals surface area contributed by atoms with Crippen LogP contribution in [0.25, 0.3) is 0 Å². The van der Waals surface area contributed by atoms with Gasteiger partial charge in [-0.1, -0.05) is 18.0 Å². The van der Waals surface area contributed by atoms with Gasteiger partial charge in [0.2, 0.25) is 10.0 Å². The van der Waals surface area contributed by atoms with Gasteiger partial charge in [0.15, 0.2) is 0 Å². The minimum Gasteiger partial charge on any atom is -0.393 e. The molecule has 1 fully saturated rings. The van der Waals surface area contributed by atoms with Crippen LogP contribution in [0.3, 0.4) is 0 Å². The maximum atomic E-state index is 13.0. The van der Waals surface area contributed by atoms with Gasteiger partial charge in [0.05, 0.1) is 16.0 Å². The number of benzene rings is 1. The summed E-state index contributed by atoms with van der Waals surface area (Å²) < 4.78 is 39.7. The predicted molar refractivity (Wildman–Crippen MR) is 74.6 cm³/mol. The molecular weight excluding hydrogens is 305 g/mol. The van der Waals surface area contributed by atoms with Gasteiger partial charge in [0, 0.05) is 6.54 Å². The second-order valence-corrected chi connectivity index (χ2v) is 7.29. The summed E-state index contributed by atoms with van der Waals surface area (Å²) in [5, 5.41) is 9.34. The Morgan fingerprint density at radius 1 is 1.40 bits per heavy atom. The van der Waals surface area contributed by atoms with E-state index >= 15 is 0 Å². The molecule has 1 aromatic rings. The van der Waals surface area contributed by atoms with Crippen LogP contribution in [0.1, 0.15) is 25.7 Å². The number of sulfonamides is 1. The average molecular weight is 322 g/mol. The fourth-order valence-corrected chi connectivity index (χ4v) is 3.79. The number of halogens is 2. The summed E-state index contributed by atoms with van der Waals surface area (Å²) in [4.78, 5) is -0.0553. The monoisotopic (exact) mass is 321 g/mol. The van der Waals surface area contributed by atoms with Gasteiger partial charge >= 0.3 is 0 Å². The Kier molecular flexibility index (Phi) is 5.01. The summed E-state index contributed by atoms with van der Waals surface area (Å²) >= 11 is 5.59. The molecule has 1 aromatic carbocycles. The highest BCUT2D eigenvalue weighted by Crippen LogP contribution is 2.24. The fourth-order valence-electron chi connectivity index (χ4n) is 2.40. The maximum absolute atomic E-state index is 13.0. The van der Waals surface area contributed by atoms with Gasteiger partial charge in [-0.2, -0.15) is 0 Å². The predicted octanol–water partition coefficient (Wildman–Crippen LogP) is 2.31. The van der Waals surface area contributed by atoms with Crippen LogP contribution in [-0.4, -0.2) is 26.2 Å². The molecule has 2 atom stereocenters. The summed E-state index contributed by atoms with van der Waals surface area (Å²) in [7, 11) is -3.70. The van der Waals surface area contributed by atoms with E-state index in [2.05, 4.69) is 4.72 Å². The van der Waals surface area contributed by atoms with E-state index in [1.807, 2.05) is 0 Å². The highest BCUT2D eigenvalue weighted by Gasteiger charge is 2.23. The van der Waals surface area contributed by atoms with E-state index in [-0.39, 0.29) is 28.5 Å². The van der Waals surface area contributed by atoms with Crippen molar-refractivity contribution >= 4 is 21.6 Å². The van der Waals surface area contributed by atoms with Crippen molar-refractivity contribution in [3.8, 4) is 0 Å². The molecule has 112 valence electrons.